The Hall–Kier alpha value is -4.46. The van der Waals surface area contributed by atoms with E-state index in [-0.39, 0.29) is 12.5 Å². The van der Waals surface area contributed by atoms with Gasteiger partial charge in [0.2, 0.25) is 5.91 Å². The number of rotatable bonds is 5. The smallest absolute Gasteiger partial charge is 0.424 e. The van der Waals surface area contributed by atoms with E-state index in [9.17, 15) is 9.59 Å². The topological polar surface area (TPSA) is 91.8 Å². The third-order valence-corrected chi connectivity index (χ3v) is 5.48. The van der Waals surface area contributed by atoms with Crippen molar-refractivity contribution in [3.63, 3.8) is 0 Å². The van der Waals surface area contributed by atoms with Crippen LogP contribution in [0.4, 0.5) is 5.69 Å². The predicted octanol–water partition coefficient (Wildman–Crippen LogP) is 3.09. The molecule has 5 rings (SSSR count). The number of fused-ring (bicyclic) bond motifs is 3. The molecular formula is C25H22N5O3+. The van der Waals surface area contributed by atoms with Crippen molar-refractivity contribution < 1.29 is 14.5 Å². The molecule has 2 aromatic heterocycles. The first-order chi connectivity index (χ1) is 16.0. The molecule has 0 aliphatic rings. The minimum absolute atomic E-state index is 0.138. The Morgan fingerprint density at radius 1 is 1.06 bits per heavy atom. The summed E-state index contributed by atoms with van der Waals surface area (Å²) in [5, 5.41) is 8.16. The molecule has 0 fully saturated rings. The Labute approximate surface area is 189 Å². The SMILES string of the molecule is COc1ccc(-c2nn3c(=O)n(CC(=O)Nc4cccc(C)c4)c4ccccc4c3[nH+]2)cc1. The summed E-state index contributed by atoms with van der Waals surface area (Å²) in [5.41, 5.74) is 3.34. The van der Waals surface area contributed by atoms with E-state index in [2.05, 4.69) is 15.4 Å². The van der Waals surface area contributed by atoms with Crippen molar-refractivity contribution in [2.75, 3.05) is 12.4 Å². The first-order valence-electron chi connectivity index (χ1n) is 10.5. The van der Waals surface area contributed by atoms with Gasteiger partial charge in [0.05, 0.1) is 28.7 Å². The lowest BCUT2D eigenvalue weighted by molar-refractivity contribution is -0.331. The number of carbonyl (C=O) groups excluding carboxylic acids is 1. The number of para-hydroxylation sites is 1. The van der Waals surface area contributed by atoms with Crippen molar-refractivity contribution in [1.82, 2.24) is 14.2 Å². The van der Waals surface area contributed by atoms with Crippen LogP contribution >= 0.6 is 0 Å². The highest BCUT2D eigenvalue weighted by atomic mass is 16.5. The van der Waals surface area contributed by atoms with Crippen LogP contribution in [0.15, 0.2) is 77.6 Å². The molecule has 0 saturated heterocycles. The van der Waals surface area contributed by atoms with Gasteiger partial charge in [-0.05, 0) is 65.5 Å². The number of aromatic nitrogens is 4. The molecule has 0 unspecified atom stereocenters. The van der Waals surface area contributed by atoms with Crippen molar-refractivity contribution in [3.8, 4) is 17.1 Å². The molecule has 2 N–H and O–H groups in total. The number of benzene rings is 3. The maximum absolute atomic E-state index is 13.4. The van der Waals surface area contributed by atoms with Crippen LogP contribution in [0.2, 0.25) is 0 Å². The number of ether oxygens (including phenoxy) is 1. The van der Waals surface area contributed by atoms with Gasteiger partial charge in [-0.25, -0.2) is 9.78 Å². The van der Waals surface area contributed by atoms with Gasteiger partial charge in [-0.2, -0.15) is 0 Å². The lowest BCUT2D eigenvalue weighted by Crippen LogP contribution is -2.33. The summed E-state index contributed by atoms with van der Waals surface area (Å²) in [5.74, 6) is 0.982. The van der Waals surface area contributed by atoms with Crippen molar-refractivity contribution >= 4 is 28.1 Å². The molecule has 8 heteroatoms. The van der Waals surface area contributed by atoms with Crippen molar-refractivity contribution in [2.24, 2.45) is 0 Å². The molecule has 5 aromatic rings. The first-order valence-corrected chi connectivity index (χ1v) is 10.5. The molecule has 0 aliphatic carbocycles. The summed E-state index contributed by atoms with van der Waals surface area (Å²) in [7, 11) is 1.61. The number of amides is 1. The molecular weight excluding hydrogens is 418 g/mol. The Balaban J connectivity index is 1.59. The zero-order valence-corrected chi connectivity index (χ0v) is 18.2. The van der Waals surface area contributed by atoms with Gasteiger partial charge in [-0.3, -0.25) is 9.36 Å². The van der Waals surface area contributed by atoms with E-state index in [0.717, 1.165) is 22.3 Å². The van der Waals surface area contributed by atoms with Crippen molar-refractivity contribution in [2.45, 2.75) is 13.5 Å². The summed E-state index contributed by atoms with van der Waals surface area (Å²) < 4.78 is 7.96. The van der Waals surface area contributed by atoms with Crippen LogP contribution in [-0.4, -0.2) is 27.2 Å². The fourth-order valence-electron chi connectivity index (χ4n) is 3.89. The van der Waals surface area contributed by atoms with Gasteiger partial charge in [0, 0.05) is 5.69 Å². The third-order valence-electron chi connectivity index (χ3n) is 5.48. The number of nitrogens with zero attached hydrogens (tertiary/aromatic N) is 3. The van der Waals surface area contributed by atoms with Crippen molar-refractivity contribution in [3.05, 3.63) is 88.8 Å². The number of hydrogen-bond donors (Lipinski definition) is 1. The van der Waals surface area contributed by atoms with E-state index in [1.54, 1.807) is 7.11 Å². The standard InChI is InChI=1S/C25H21N5O3/c1-16-6-5-7-18(14-16)26-22(31)15-29-21-9-4-3-8-20(21)24-27-23(28-30(24)25(29)32)17-10-12-19(33-2)13-11-17/h3-14H,15H2,1-2H3,(H,26,31)/p+1. The van der Waals surface area contributed by atoms with Crippen LogP contribution in [0, 0.1) is 6.92 Å². The lowest BCUT2D eigenvalue weighted by atomic mass is 10.2. The molecule has 0 aliphatic heterocycles. The highest BCUT2D eigenvalue weighted by Crippen LogP contribution is 2.20. The van der Waals surface area contributed by atoms with Gasteiger partial charge in [0.25, 0.3) is 5.65 Å². The van der Waals surface area contributed by atoms with Crippen LogP contribution in [-0.2, 0) is 11.3 Å². The number of aromatic amines is 1. The summed E-state index contributed by atoms with van der Waals surface area (Å²) in [4.78, 5) is 29.4. The number of hydrogen-bond acceptors (Lipinski definition) is 4. The first kappa shape index (κ1) is 20.4. The minimum atomic E-state index is -0.404. The molecule has 33 heavy (non-hydrogen) atoms. The Morgan fingerprint density at radius 2 is 1.85 bits per heavy atom. The normalized spacial score (nSPS) is 11.1. The van der Waals surface area contributed by atoms with Crippen LogP contribution in [0.25, 0.3) is 27.9 Å². The van der Waals surface area contributed by atoms with Crippen molar-refractivity contribution in [1.29, 1.82) is 0 Å². The van der Waals surface area contributed by atoms with Crippen LogP contribution in [0.5, 0.6) is 5.75 Å². The highest BCUT2D eigenvalue weighted by Gasteiger charge is 2.23. The second-order valence-corrected chi connectivity index (χ2v) is 7.77. The molecule has 0 bridgehead atoms. The zero-order valence-electron chi connectivity index (χ0n) is 18.2. The second-order valence-electron chi connectivity index (χ2n) is 7.77. The van der Waals surface area contributed by atoms with Gasteiger partial charge in [0.15, 0.2) is 0 Å². The number of nitrogens with one attached hydrogen (secondary N) is 2. The monoisotopic (exact) mass is 440 g/mol. The fourth-order valence-corrected chi connectivity index (χ4v) is 3.89. The van der Waals surface area contributed by atoms with Gasteiger partial charge in [-0.15, -0.1) is 0 Å². The quantitative estimate of drug-likeness (QED) is 0.455. The maximum Gasteiger partial charge on any atom is 0.424 e. The zero-order chi connectivity index (χ0) is 22.9. The van der Waals surface area contributed by atoms with Gasteiger partial charge in [0.1, 0.15) is 12.3 Å². The van der Waals surface area contributed by atoms with E-state index in [1.165, 1.54) is 9.08 Å². The summed E-state index contributed by atoms with van der Waals surface area (Å²) in [6, 6.07) is 22.4. The summed E-state index contributed by atoms with van der Waals surface area (Å²) >= 11 is 0. The van der Waals surface area contributed by atoms with Gasteiger partial charge < -0.3 is 10.1 Å². The number of carbonyl (C=O) groups is 1. The summed E-state index contributed by atoms with van der Waals surface area (Å²) in [6.07, 6.45) is 0. The Morgan fingerprint density at radius 3 is 2.61 bits per heavy atom. The molecule has 1 amide bonds. The number of methoxy groups -OCH3 is 1. The van der Waals surface area contributed by atoms with Gasteiger partial charge >= 0.3 is 11.5 Å². The van der Waals surface area contributed by atoms with E-state index in [4.69, 9.17) is 4.74 Å². The fraction of sp³-hybridized carbons (Fsp3) is 0.120. The van der Waals surface area contributed by atoms with E-state index >= 15 is 0 Å². The average Bonchev–Trinajstić information content (AvgIpc) is 3.28. The van der Waals surface area contributed by atoms with E-state index in [1.807, 2.05) is 79.7 Å². The molecule has 0 radical (unpaired) electrons. The minimum Gasteiger partial charge on any atom is -0.497 e. The maximum atomic E-state index is 13.4. The van der Waals surface area contributed by atoms with E-state index < -0.39 is 5.69 Å². The molecule has 8 nitrogen and oxygen atoms in total. The average molecular weight is 440 g/mol. The lowest BCUT2D eigenvalue weighted by Gasteiger charge is -2.09. The molecule has 0 atom stereocenters. The molecule has 164 valence electrons. The summed E-state index contributed by atoms with van der Waals surface area (Å²) in [6.45, 7) is 1.82. The Bertz CT molecular complexity index is 1550. The molecule has 0 saturated carbocycles. The second kappa shape index (κ2) is 8.23. The largest absolute Gasteiger partial charge is 0.497 e. The number of aryl methyl sites for hydroxylation is 1. The molecule has 3 aromatic carbocycles. The van der Waals surface area contributed by atoms with Crippen LogP contribution < -0.4 is 20.7 Å². The van der Waals surface area contributed by atoms with Crippen LogP contribution in [0.1, 0.15) is 5.56 Å². The predicted molar refractivity (Wildman–Crippen MR) is 125 cm³/mol. The number of anilines is 1. The van der Waals surface area contributed by atoms with E-state index in [0.29, 0.717) is 22.7 Å². The molecule has 2 heterocycles. The number of H-pyrrole nitrogens is 1. The van der Waals surface area contributed by atoms with Crippen LogP contribution in [0.3, 0.4) is 0 Å². The third kappa shape index (κ3) is 3.82. The Kier molecular flexibility index (Phi) is 5.10. The molecule has 0 spiro atoms. The van der Waals surface area contributed by atoms with Gasteiger partial charge in [-0.1, -0.05) is 24.3 Å². The highest BCUT2D eigenvalue weighted by molar-refractivity contribution is 5.94.